The van der Waals surface area contributed by atoms with Crippen molar-refractivity contribution in [3.05, 3.63) is 77.6 Å². The number of rotatable bonds is 5. The Morgan fingerprint density at radius 1 is 1.11 bits per heavy atom. The lowest BCUT2D eigenvalue weighted by Crippen LogP contribution is -2.24. The van der Waals surface area contributed by atoms with Gasteiger partial charge in [-0.3, -0.25) is 9.48 Å². The minimum Gasteiger partial charge on any atom is -0.346 e. The van der Waals surface area contributed by atoms with Gasteiger partial charge in [-0.25, -0.2) is 0 Å². The van der Waals surface area contributed by atoms with Crippen LogP contribution in [0.15, 0.2) is 65.2 Å². The van der Waals surface area contributed by atoms with Crippen molar-refractivity contribution in [2.24, 2.45) is 7.05 Å². The highest BCUT2D eigenvalue weighted by Gasteiger charge is 2.18. The van der Waals surface area contributed by atoms with Gasteiger partial charge in [0.15, 0.2) is 0 Å². The third-order valence-electron chi connectivity index (χ3n) is 4.39. The maximum absolute atomic E-state index is 12.8. The van der Waals surface area contributed by atoms with Crippen LogP contribution in [0.1, 0.15) is 21.7 Å². The number of hydrogen-bond donors (Lipinski definition) is 1. The molecule has 28 heavy (non-hydrogen) atoms. The fourth-order valence-corrected chi connectivity index (χ4v) is 3.00. The van der Waals surface area contributed by atoms with Crippen LogP contribution < -0.4 is 5.32 Å². The molecule has 0 radical (unpaired) electrons. The maximum Gasteiger partial charge on any atom is 0.259 e. The molecule has 7 heteroatoms. The molecule has 4 rings (SSSR count). The van der Waals surface area contributed by atoms with E-state index in [1.807, 2.05) is 56.4 Å². The lowest BCUT2D eigenvalue weighted by molar-refractivity contribution is 0.0950. The zero-order valence-electron chi connectivity index (χ0n) is 15.6. The molecule has 2 aromatic heterocycles. The first-order valence-corrected chi connectivity index (χ1v) is 8.88. The van der Waals surface area contributed by atoms with E-state index in [2.05, 4.69) is 20.6 Å². The fraction of sp³-hybridized carbons (Fsp3) is 0.143. The molecule has 2 heterocycles. The Balaban J connectivity index is 1.58. The highest BCUT2D eigenvalue weighted by atomic mass is 16.5. The van der Waals surface area contributed by atoms with Crippen molar-refractivity contribution in [1.82, 2.24) is 25.2 Å². The van der Waals surface area contributed by atoms with E-state index >= 15 is 0 Å². The molecule has 0 unspecified atom stereocenters. The van der Waals surface area contributed by atoms with E-state index in [1.54, 1.807) is 22.9 Å². The number of amides is 1. The van der Waals surface area contributed by atoms with Gasteiger partial charge in [0.1, 0.15) is 0 Å². The summed E-state index contributed by atoms with van der Waals surface area (Å²) in [4.78, 5) is 17.2. The standard InChI is InChI=1S/C21H19N5O2/c1-14-12-16(26(2)24-14)13-22-20(27)17-10-6-7-11-18(17)21-23-19(25-28-21)15-8-4-3-5-9-15/h3-12H,13H2,1-2H3,(H,22,27). The van der Waals surface area contributed by atoms with Crippen molar-refractivity contribution in [3.8, 4) is 22.8 Å². The second-order valence-corrected chi connectivity index (χ2v) is 6.42. The molecule has 1 amide bonds. The predicted octanol–water partition coefficient (Wildman–Crippen LogP) is 3.38. The van der Waals surface area contributed by atoms with E-state index in [1.165, 1.54) is 0 Å². The Hall–Kier alpha value is -3.74. The van der Waals surface area contributed by atoms with Gasteiger partial charge < -0.3 is 9.84 Å². The number of aryl methyl sites for hydroxylation is 2. The highest BCUT2D eigenvalue weighted by Crippen LogP contribution is 2.25. The molecule has 2 aromatic carbocycles. The van der Waals surface area contributed by atoms with Crippen molar-refractivity contribution in [3.63, 3.8) is 0 Å². The van der Waals surface area contributed by atoms with E-state index in [4.69, 9.17) is 4.52 Å². The Morgan fingerprint density at radius 2 is 1.86 bits per heavy atom. The Kier molecular flexibility index (Phi) is 4.72. The Morgan fingerprint density at radius 3 is 2.61 bits per heavy atom. The molecule has 0 fully saturated rings. The molecule has 0 aliphatic carbocycles. The second-order valence-electron chi connectivity index (χ2n) is 6.42. The van der Waals surface area contributed by atoms with Crippen molar-refractivity contribution in [2.75, 3.05) is 0 Å². The summed E-state index contributed by atoms with van der Waals surface area (Å²) in [6.45, 7) is 2.30. The van der Waals surface area contributed by atoms with Crippen LogP contribution in [0.5, 0.6) is 0 Å². The van der Waals surface area contributed by atoms with Crippen molar-refractivity contribution < 1.29 is 9.32 Å². The van der Waals surface area contributed by atoms with Crippen LogP contribution in [0.2, 0.25) is 0 Å². The zero-order valence-corrected chi connectivity index (χ0v) is 15.6. The number of aromatic nitrogens is 4. The summed E-state index contributed by atoms with van der Waals surface area (Å²) in [6.07, 6.45) is 0. The molecule has 0 atom stereocenters. The minimum atomic E-state index is -0.214. The van der Waals surface area contributed by atoms with Gasteiger partial charge in [0.05, 0.1) is 29.1 Å². The quantitative estimate of drug-likeness (QED) is 0.580. The van der Waals surface area contributed by atoms with Gasteiger partial charge in [-0.2, -0.15) is 10.1 Å². The van der Waals surface area contributed by atoms with Gasteiger partial charge in [0, 0.05) is 12.6 Å². The number of carbonyl (C=O) groups excluding carboxylic acids is 1. The molecule has 0 aliphatic rings. The van der Waals surface area contributed by atoms with Crippen LogP contribution in [0, 0.1) is 6.92 Å². The number of nitrogens with zero attached hydrogens (tertiary/aromatic N) is 4. The van der Waals surface area contributed by atoms with Crippen LogP contribution in [0.25, 0.3) is 22.8 Å². The van der Waals surface area contributed by atoms with Crippen LogP contribution in [-0.4, -0.2) is 25.8 Å². The number of hydrogen-bond acceptors (Lipinski definition) is 5. The van der Waals surface area contributed by atoms with Gasteiger partial charge in [0.2, 0.25) is 5.82 Å². The van der Waals surface area contributed by atoms with Gasteiger partial charge in [0.25, 0.3) is 11.8 Å². The van der Waals surface area contributed by atoms with E-state index in [-0.39, 0.29) is 5.91 Å². The topological polar surface area (TPSA) is 85.8 Å². The summed E-state index contributed by atoms with van der Waals surface area (Å²) in [7, 11) is 1.85. The van der Waals surface area contributed by atoms with Crippen molar-refractivity contribution in [1.29, 1.82) is 0 Å². The Bertz CT molecular complexity index is 1110. The summed E-state index contributed by atoms with van der Waals surface area (Å²) in [5.41, 5.74) is 3.76. The van der Waals surface area contributed by atoms with Crippen molar-refractivity contribution >= 4 is 5.91 Å². The normalized spacial score (nSPS) is 10.8. The minimum absolute atomic E-state index is 0.214. The van der Waals surface area contributed by atoms with E-state index in [9.17, 15) is 4.79 Å². The summed E-state index contributed by atoms with van der Waals surface area (Å²) in [5, 5.41) is 11.3. The van der Waals surface area contributed by atoms with Crippen LogP contribution in [0.3, 0.4) is 0 Å². The molecule has 0 saturated carbocycles. The lowest BCUT2D eigenvalue weighted by atomic mass is 10.1. The van der Waals surface area contributed by atoms with E-state index in [0.29, 0.717) is 29.4 Å². The third-order valence-corrected chi connectivity index (χ3v) is 4.39. The SMILES string of the molecule is Cc1cc(CNC(=O)c2ccccc2-c2nc(-c3ccccc3)no2)n(C)n1. The highest BCUT2D eigenvalue weighted by molar-refractivity contribution is 5.99. The molecule has 1 N–H and O–H groups in total. The Labute approximate surface area is 162 Å². The molecular weight excluding hydrogens is 354 g/mol. The average Bonchev–Trinajstić information content (AvgIpc) is 3.33. The number of benzene rings is 2. The first kappa shape index (κ1) is 17.7. The summed E-state index contributed by atoms with van der Waals surface area (Å²) in [6, 6.07) is 18.7. The monoisotopic (exact) mass is 373 g/mol. The lowest BCUT2D eigenvalue weighted by Gasteiger charge is -2.08. The van der Waals surface area contributed by atoms with E-state index in [0.717, 1.165) is 17.0 Å². The molecular formula is C21H19N5O2. The molecule has 0 saturated heterocycles. The molecule has 4 aromatic rings. The molecule has 0 spiro atoms. The smallest absolute Gasteiger partial charge is 0.259 e. The largest absolute Gasteiger partial charge is 0.346 e. The van der Waals surface area contributed by atoms with Crippen molar-refractivity contribution in [2.45, 2.75) is 13.5 Å². The second kappa shape index (κ2) is 7.48. The van der Waals surface area contributed by atoms with Crippen LogP contribution in [-0.2, 0) is 13.6 Å². The van der Waals surface area contributed by atoms with Crippen LogP contribution >= 0.6 is 0 Å². The summed E-state index contributed by atoms with van der Waals surface area (Å²) in [5.74, 6) is 0.575. The summed E-state index contributed by atoms with van der Waals surface area (Å²) < 4.78 is 7.18. The number of carbonyl (C=O) groups is 1. The molecule has 0 aliphatic heterocycles. The summed E-state index contributed by atoms with van der Waals surface area (Å²) >= 11 is 0. The first-order valence-electron chi connectivity index (χ1n) is 8.88. The third kappa shape index (κ3) is 3.55. The van der Waals surface area contributed by atoms with Gasteiger partial charge in [-0.1, -0.05) is 47.6 Å². The molecule has 140 valence electrons. The van der Waals surface area contributed by atoms with Gasteiger partial charge in [-0.15, -0.1) is 0 Å². The fourth-order valence-electron chi connectivity index (χ4n) is 3.00. The van der Waals surface area contributed by atoms with Gasteiger partial charge in [-0.05, 0) is 25.1 Å². The molecule has 0 bridgehead atoms. The van der Waals surface area contributed by atoms with E-state index < -0.39 is 0 Å². The maximum atomic E-state index is 12.8. The predicted molar refractivity (Wildman–Crippen MR) is 104 cm³/mol. The van der Waals surface area contributed by atoms with Gasteiger partial charge >= 0.3 is 0 Å². The average molecular weight is 373 g/mol. The number of nitrogens with one attached hydrogen (secondary N) is 1. The first-order chi connectivity index (χ1) is 13.6. The molecule has 7 nitrogen and oxygen atoms in total. The van der Waals surface area contributed by atoms with Crippen LogP contribution in [0.4, 0.5) is 0 Å². The zero-order chi connectivity index (χ0) is 19.5.